The van der Waals surface area contributed by atoms with Crippen LogP contribution >= 0.6 is 0 Å². The Bertz CT molecular complexity index is 81.3. The van der Waals surface area contributed by atoms with E-state index in [9.17, 15) is 0 Å². The highest BCUT2D eigenvalue weighted by Gasteiger charge is 2.11. The molecule has 0 amide bonds. The Labute approximate surface area is 77.0 Å². The molecular weight excluding hydrogens is 172 g/mol. The molecule has 12 heavy (non-hydrogen) atoms. The van der Waals surface area contributed by atoms with Crippen LogP contribution in [0, 0.1) is 12.8 Å². The molecule has 0 atom stereocenters. The summed E-state index contributed by atoms with van der Waals surface area (Å²) in [6.07, 6.45) is 8.00. The van der Waals surface area contributed by atoms with Crippen LogP contribution in [-0.4, -0.2) is 29.3 Å². The van der Waals surface area contributed by atoms with Gasteiger partial charge in [0.15, 0.2) is 0 Å². The van der Waals surface area contributed by atoms with Crippen molar-refractivity contribution in [1.29, 1.82) is 0 Å². The lowest BCUT2D eigenvalue weighted by atomic mass is 10.9. The van der Waals surface area contributed by atoms with Gasteiger partial charge in [0.1, 0.15) is 0 Å². The van der Waals surface area contributed by atoms with Gasteiger partial charge in [-0.2, -0.15) is 0 Å². The molecule has 0 N–H and O–H groups in total. The van der Waals surface area contributed by atoms with Crippen molar-refractivity contribution in [2.24, 2.45) is 0 Å². The van der Waals surface area contributed by atoms with Crippen molar-refractivity contribution in [1.82, 2.24) is 0 Å². The Hall–Kier alpha value is -0.343. The molecule has 4 heteroatoms. The van der Waals surface area contributed by atoms with E-state index in [-0.39, 0.29) is 0 Å². The Balaban J connectivity index is 0. The van der Waals surface area contributed by atoms with E-state index in [1.54, 1.807) is 0 Å². The predicted octanol–water partition coefficient (Wildman–Crippen LogP) is 1.06. The average Bonchev–Trinajstić information content (AvgIpc) is 2.10. The molecule has 0 fully saturated rings. The SMILES string of the molecule is C#C.CCO[SiH](OCC)OCC. The van der Waals surface area contributed by atoms with Crippen LogP contribution in [0.25, 0.3) is 0 Å². The molecular formula is C8H18O3Si. The molecule has 0 aliphatic rings. The van der Waals surface area contributed by atoms with Crippen LogP contribution in [0.3, 0.4) is 0 Å². The van der Waals surface area contributed by atoms with Crippen LogP contribution in [-0.2, 0) is 13.3 Å². The summed E-state index contributed by atoms with van der Waals surface area (Å²) in [5.41, 5.74) is 0. The van der Waals surface area contributed by atoms with E-state index in [1.807, 2.05) is 20.8 Å². The molecule has 0 aliphatic heterocycles. The van der Waals surface area contributed by atoms with Gasteiger partial charge >= 0.3 is 9.53 Å². The van der Waals surface area contributed by atoms with Crippen molar-refractivity contribution in [3.63, 3.8) is 0 Å². The lowest BCUT2D eigenvalue weighted by Gasteiger charge is -2.12. The van der Waals surface area contributed by atoms with E-state index in [0.29, 0.717) is 19.8 Å². The summed E-state index contributed by atoms with van der Waals surface area (Å²) in [5.74, 6) is 0. The van der Waals surface area contributed by atoms with Gasteiger partial charge in [-0.1, -0.05) is 0 Å². The molecule has 0 aromatic carbocycles. The van der Waals surface area contributed by atoms with Crippen LogP contribution in [0.2, 0.25) is 0 Å². The number of hydrogen-bond acceptors (Lipinski definition) is 3. The Morgan fingerprint density at radius 2 is 1.08 bits per heavy atom. The second kappa shape index (κ2) is 13.3. The van der Waals surface area contributed by atoms with E-state index < -0.39 is 9.53 Å². The number of hydrogen-bond donors (Lipinski definition) is 0. The third-order valence-electron chi connectivity index (χ3n) is 0.908. The zero-order valence-electron chi connectivity index (χ0n) is 8.08. The second-order valence-corrected chi connectivity index (χ2v) is 3.23. The van der Waals surface area contributed by atoms with Gasteiger partial charge in [0.2, 0.25) is 0 Å². The van der Waals surface area contributed by atoms with Crippen LogP contribution in [0.15, 0.2) is 0 Å². The normalized spacial score (nSPS) is 9.17. The maximum absolute atomic E-state index is 5.22. The fourth-order valence-corrected chi connectivity index (χ4v) is 1.66. The van der Waals surface area contributed by atoms with Crippen molar-refractivity contribution in [3.8, 4) is 12.8 Å². The zero-order valence-corrected chi connectivity index (χ0v) is 9.23. The summed E-state index contributed by atoms with van der Waals surface area (Å²) in [5, 5.41) is 0. The third kappa shape index (κ3) is 9.66. The summed E-state index contributed by atoms with van der Waals surface area (Å²) < 4.78 is 15.7. The first kappa shape index (κ1) is 14.2. The maximum atomic E-state index is 5.22. The smallest absolute Gasteiger partial charge is 0.376 e. The summed E-state index contributed by atoms with van der Waals surface area (Å²) >= 11 is 0. The molecule has 0 heterocycles. The standard InChI is InChI=1S/C6H16O3Si.C2H2/c1-4-7-10(8-5-2)9-6-3;1-2/h10H,4-6H2,1-3H3;1-2H. The molecule has 0 rings (SSSR count). The number of terminal acetylenes is 1. The van der Waals surface area contributed by atoms with Gasteiger partial charge in [0.05, 0.1) is 0 Å². The van der Waals surface area contributed by atoms with E-state index in [0.717, 1.165) is 0 Å². The van der Waals surface area contributed by atoms with Crippen LogP contribution < -0.4 is 0 Å². The van der Waals surface area contributed by atoms with Crippen LogP contribution in [0.5, 0.6) is 0 Å². The Morgan fingerprint density at radius 3 is 1.25 bits per heavy atom. The summed E-state index contributed by atoms with van der Waals surface area (Å²) in [6, 6.07) is 0. The fraction of sp³-hybridized carbons (Fsp3) is 0.750. The quantitative estimate of drug-likeness (QED) is 0.463. The van der Waals surface area contributed by atoms with Crippen molar-refractivity contribution in [2.75, 3.05) is 19.8 Å². The minimum absolute atomic E-state index is 0.677. The molecule has 0 aliphatic carbocycles. The highest BCUT2D eigenvalue weighted by Crippen LogP contribution is 1.90. The Morgan fingerprint density at radius 1 is 0.833 bits per heavy atom. The topological polar surface area (TPSA) is 27.7 Å². The van der Waals surface area contributed by atoms with Crippen molar-refractivity contribution < 1.29 is 13.3 Å². The molecule has 0 unspecified atom stereocenters. The predicted molar refractivity (Wildman–Crippen MR) is 51.9 cm³/mol. The number of rotatable bonds is 6. The van der Waals surface area contributed by atoms with Gasteiger partial charge in [-0.3, -0.25) is 0 Å². The summed E-state index contributed by atoms with van der Waals surface area (Å²) in [4.78, 5) is 0. The van der Waals surface area contributed by atoms with Crippen molar-refractivity contribution in [2.45, 2.75) is 20.8 Å². The van der Waals surface area contributed by atoms with Gasteiger partial charge < -0.3 is 13.3 Å². The van der Waals surface area contributed by atoms with Crippen molar-refractivity contribution >= 4 is 9.53 Å². The molecule has 72 valence electrons. The first-order chi connectivity index (χ1) is 5.85. The maximum Gasteiger partial charge on any atom is 0.484 e. The molecule has 0 spiro atoms. The fourth-order valence-electron chi connectivity index (χ4n) is 0.553. The minimum Gasteiger partial charge on any atom is -0.376 e. The molecule has 0 saturated carbocycles. The van der Waals surface area contributed by atoms with Crippen LogP contribution in [0.1, 0.15) is 20.8 Å². The third-order valence-corrected chi connectivity index (χ3v) is 2.72. The molecule has 0 aromatic rings. The van der Waals surface area contributed by atoms with E-state index in [4.69, 9.17) is 13.3 Å². The summed E-state index contributed by atoms with van der Waals surface area (Å²) in [6.45, 7) is 7.86. The molecule has 3 nitrogen and oxygen atoms in total. The minimum atomic E-state index is -1.73. The van der Waals surface area contributed by atoms with Gasteiger partial charge in [-0.05, 0) is 20.8 Å². The first-order valence-electron chi connectivity index (χ1n) is 4.03. The Kier molecular flexibility index (Phi) is 15.7. The van der Waals surface area contributed by atoms with Gasteiger partial charge in [0, 0.05) is 19.8 Å². The van der Waals surface area contributed by atoms with Gasteiger partial charge in [0.25, 0.3) is 0 Å². The second-order valence-electron chi connectivity index (χ2n) is 1.65. The highest BCUT2D eigenvalue weighted by molar-refractivity contribution is 6.36. The van der Waals surface area contributed by atoms with Gasteiger partial charge in [-0.15, -0.1) is 12.8 Å². The van der Waals surface area contributed by atoms with E-state index in [1.165, 1.54) is 0 Å². The van der Waals surface area contributed by atoms with E-state index >= 15 is 0 Å². The molecule has 0 aromatic heterocycles. The van der Waals surface area contributed by atoms with Crippen molar-refractivity contribution in [3.05, 3.63) is 0 Å². The monoisotopic (exact) mass is 190 g/mol. The first-order valence-corrected chi connectivity index (χ1v) is 5.44. The zero-order chi connectivity index (χ0) is 9.82. The molecule has 0 radical (unpaired) electrons. The highest BCUT2D eigenvalue weighted by atomic mass is 28.3. The van der Waals surface area contributed by atoms with Gasteiger partial charge in [-0.25, -0.2) is 0 Å². The average molecular weight is 190 g/mol. The van der Waals surface area contributed by atoms with E-state index in [2.05, 4.69) is 12.8 Å². The summed E-state index contributed by atoms with van der Waals surface area (Å²) in [7, 11) is -1.73. The molecule has 0 bridgehead atoms. The lowest BCUT2D eigenvalue weighted by Crippen LogP contribution is -2.27. The van der Waals surface area contributed by atoms with Crippen LogP contribution in [0.4, 0.5) is 0 Å². The lowest BCUT2D eigenvalue weighted by molar-refractivity contribution is 0.107. The largest absolute Gasteiger partial charge is 0.484 e. The molecule has 0 saturated heterocycles.